The molecule has 1 aromatic carbocycles. The van der Waals surface area contributed by atoms with E-state index in [-0.39, 0.29) is 16.9 Å². The maximum atomic E-state index is 12.6. The molecule has 1 heterocycles. The highest BCUT2D eigenvalue weighted by molar-refractivity contribution is 5.96. The number of hydrogen-bond donors (Lipinski definition) is 1. The lowest BCUT2D eigenvalue weighted by Crippen LogP contribution is -2.10. The molecule has 21 heavy (non-hydrogen) atoms. The number of aryl methyl sites for hydroxylation is 1. The Balaban J connectivity index is 2.52. The van der Waals surface area contributed by atoms with Gasteiger partial charge in [-0.3, -0.25) is 0 Å². The van der Waals surface area contributed by atoms with Crippen molar-refractivity contribution in [1.29, 1.82) is 0 Å². The van der Waals surface area contributed by atoms with Crippen LogP contribution in [-0.2, 0) is 10.9 Å². The molecule has 2 aromatic rings. The van der Waals surface area contributed by atoms with Gasteiger partial charge in [-0.05, 0) is 30.7 Å². The molecule has 2 N–H and O–H groups in total. The Morgan fingerprint density at radius 2 is 2.05 bits per heavy atom. The molecule has 1 aromatic heterocycles. The van der Waals surface area contributed by atoms with E-state index in [1.165, 1.54) is 19.2 Å². The normalized spacial score (nSPS) is 11.5. The number of carbonyl (C=O) groups excluding carboxylic acids is 1. The van der Waals surface area contributed by atoms with Crippen LogP contribution in [0.15, 0.2) is 24.4 Å². The number of methoxy groups -OCH3 is 1. The van der Waals surface area contributed by atoms with Gasteiger partial charge in [0.1, 0.15) is 0 Å². The molecule has 8 heteroatoms. The van der Waals surface area contributed by atoms with Gasteiger partial charge in [0.15, 0.2) is 5.69 Å². The van der Waals surface area contributed by atoms with Crippen molar-refractivity contribution >= 4 is 11.7 Å². The number of benzene rings is 1. The summed E-state index contributed by atoms with van der Waals surface area (Å²) >= 11 is 0. The minimum Gasteiger partial charge on any atom is -0.465 e. The van der Waals surface area contributed by atoms with Crippen LogP contribution in [0.4, 0.5) is 18.9 Å². The maximum absolute atomic E-state index is 12.6. The number of alkyl halides is 3. The Labute approximate surface area is 118 Å². The maximum Gasteiger partial charge on any atom is 0.435 e. The highest BCUT2D eigenvalue weighted by atomic mass is 19.4. The van der Waals surface area contributed by atoms with Gasteiger partial charge in [-0.15, -0.1) is 0 Å². The summed E-state index contributed by atoms with van der Waals surface area (Å²) < 4.78 is 43.3. The molecule has 0 radical (unpaired) electrons. The molecule has 0 saturated heterocycles. The van der Waals surface area contributed by atoms with Gasteiger partial charge in [-0.1, -0.05) is 0 Å². The van der Waals surface area contributed by atoms with Crippen LogP contribution in [0.25, 0.3) is 5.69 Å². The minimum absolute atomic E-state index is 0.0801. The summed E-state index contributed by atoms with van der Waals surface area (Å²) in [5.41, 5.74) is 5.88. The lowest BCUT2D eigenvalue weighted by Gasteiger charge is -2.10. The summed E-state index contributed by atoms with van der Waals surface area (Å²) in [6, 6.07) is 3.72. The van der Waals surface area contributed by atoms with Gasteiger partial charge in [0.25, 0.3) is 0 Å². The van der Waals surface area contributed by atoms with Gasteiger partial charge in [-0.2, -0.15) is 18.3 Å². The van der Waals surface area contributed by atoms with Crippen molar-refractivity contribution < 1.29 is 22.7 Å². The van der Waals surface area contributed by atoms with Crippen molar-refractivity contribution in [3.05, 3.63) is 41.2 Å². The Hall–Kier alpha value is -2.51. The van der Waals surface area contributed by atoms with Crippen LogP contribution in [0.1, 0.15) is 21.6 Å². The molecule has 0 unspecified atom stereocenters. The van der Waals surface area contributed by atoms with E-state index < -0.39 is 17.8 Å². The smallest absolute Gasteiger partial charge is 0.435 e. The number of nitrogens with zero attached hydrogens (tertiary/aromatic N) is 2. The number of nitrogen functional groups attached to an aromatic ring is 1. The van der Waals surface area contributed by atoms with Crippen LogP contribution in [0.3, 0.4) is 0 Å². The highest BCUT2D eigenvalue weighted by Crippen LogP contribution is 2.29. The number of ether oxygens (including phenoxy) is 1. The van der Waals surface area contributed by atoms with Crippen molar-refractivity contribution in [2.24, 2.45) is 0 Å². The molecule has 0 spiro atoms. The average molecular weight is 299 g/mol. The molecule has 2 rings (SSSR count). The van der Waals surface area contributed by atoms with Gasteiger partial charge in [0.05, 0.1) is 18.4 Å². The van der Waals surface area contributed by atoms with Crippen LogP contribution in [-0.4, -0.2) is 22.9 Å². The van der Waals surface area contributed by atoms with Gasteiger partial charge in [0, 0.05) is 11.9 Å². The lowest BCUT2D eigenvalue weighted by molar-refractivity contribution is -0.141. The van der Waals surface area contributed by atoms with Crippen molar-refractivity contribution in [1.82, 2.24) is 9.78 Å². The number of esters is 1. The van der Waals surface area contributed by atoms with Gasteiger partial charge < -0.3 is 10.5 Å². The van der Waals surface area contributed by atoms with Crippen LogP contribution in [0, 0.1) is 6.92 Å². The number of hydrogen-bond acceptors (Lipinski definition) is 4. The Morgan fingerprint density at radius 3 is 2.57 bits per heavy atom. The summed E-state index contributed by atoms with van der Waals surface area (Å²) in [5.74, 6) is -0.666. The number of nitrogens with two attached hydrogens (primary N) is 1. The molecule has 112 valence electrons. The molecule has 0 aliphatic rings. The monoisotopic (exact) mass is 299 g/mol. The molecule has 0 aliphatic carbocycles. The third kappa shape index (κ3) is 2.83. The summed E-state index contributed by atoms with van der Waals surface area (Å²) in [6.45, 7) is 1.64. The SMILES string of the molecule is COC(=O)c1cc(-n2ccc(C(F)(F)F)n2)cc(C)c1N. The third-order valence-corrected chi connectivity index (χ3v) is 2.92. The zero-order chi connectivity index (χ0) is 15.8. The molecule has 0 atom stereocenters. The second-order valence-electron chi connectivity index (χ2n) is 4.36. The van der Waals surface area contributed by atoms with Crippen molar-refractivity contribution in [3.63, 3.8) is 0 Å². The Bertz CT molecular complexity index is 692. The molecule has 0 bridgehead atoms. The van der Waals surface area contributed by atoms with E-state index in [0.29, 0.717) is 5.56 Å². The van der Waals surface area contributed by atoms with Crippen LogP contribution >= 0.6 is 0 Å². The molecular weight excluding hydrogens is 287 g/mol. The fourth-order valence-corrected chi connectivity index (χ4v) is 1.81. The number of rotatable bonds is 2. The molecule has 0 amide bonds. The molecule has 0 aliphatic heterocycles. The minimum atomic E-state index is -4.53. The number of anilines is 1. The predicted octanol–water partition coefficient (Wildman–Crippen LogP) is 2.57. The van der Waals surface area contributed by atoms with Crippen molar-refractivity contribution in [2.75, 3.05) is 12.8 Å². The van der Waals surface area contributed by atoms with Gasteiger partial charge >= 0.3 is 12.1 Å². The predicted molar refractivity (Wildman–Crippen MR) is 69.1 cm³/mol. The second kappa shape index (κ2) is 5.12. The van der Waals surface area contributed by atoms with Crippen molar-refractivity contribution in [2.45, 2.75) is 13.1 Å². The van der Waals surface area contributed by atoms with Gasteiger partial charge in [0.2, 0.25) is 0 Å². The molecule has 0 fully saturated rings. The summed E-state index contributed by atoms with van der Waals surface area (Å²) in [6.07, 6.45) is -3.37. The highest BCUT2D eigenvalue weighted by Gasteiger charge is 2.33. The topological polar surface area (TPSA) is 70.1 Å². The quantitative estimate of drug-likeness (QED) is 0.683. The first-order chi connectivity index (χ1) is 9.74. The molecule has 5 nitrogen and oxygen atoms in total. The largest absolute Gasteiger partial charge is 0.465 e. The van der Waals surface area contributed by atoms with E-state index in [9.17, 15) is 18.0 Å². The fourth-order valence-electron chi connectivity index (χ4n) is 1.81. The number of halogens is 3. The summed E-state index contributed by atoms with van der Waals surface area (Å²) in [5, 5.41) is 3.45. The molecule has 0 saturated carbocycles. The van der Waals surface area contributed by atoms with E-state index in [1.807, 2.05) is 0 Å². The molecular formula is C13H12F3N3O2. The lowest BCUT2D eigenvalue weighted by atomic mass is 10.1. The fraction of sp³-hybridized carbons (Fsp3) is 0.231. The van der Waals surface area contributed by atoms with Gasteiger partial charge in [-0.25, -0.2) is 9.48 Å². The second-order valence-corrected chi connectivity index (χ2v) is 4.36. The first kappa shape index (κ1) is 14.9. The first-order valence-electron chi connectivity index (χ1n) is 5.85. The van der Waals surface area contributed by atoms with E-state index in [2.05, 4.69) is 9.84 Å². The standard InChI is InChI=1S/C13H12F3N3O2/c1-7-5-8(6-9(11(7)17)12(20)21-2)19-4-3-10(18-19)13(14,15)16/h3-6H,17H2,1-2H3. The van der Waals surface area contributed by atoms with Crippen LogP contribution in [0.2, 0.25) is 0 Å². The van der Waals surface area contributed by atoms with E-state index in [4.69, 9.17) is 5.73 Å². The van der Waals surface area contributed by atoms with Crippen LogP contribution < -0.4 is 5.73 Å². The zero-order valence-corrected chi connectivity index (χ0v) is 11.2. The summed E-state index contributed by atoms with van der Waals surface area (Å²) in [7, 11) is 1.19. The number of aromatic nitrogens is 2. The Kier molecular flexibility index (Phi) is 3.63. The number of carbonyl (C=O) groups is 1. The van der Waals surface area contributed by atoms with E-state index in [1.54, 1.807) is 6.92 Å². The van der Waals surface area contributed by atoms with Crippen molar-refractivity contribution in [3.8, 4) is 5.69 Å². The summed E-state index contributed by atoms with van der Waals surface area (Å²) in [4.78, 5) is 11.6. The van der Waals surface area contributed by atoms with E-state index in [0.717, 1.165) is 16.9 Å². The zero-order valence-electron chi connectivity index (χ0n) is 11.2. The first-order valence-corrected chi connectivity index (χ1v) is 5.85. The van der Waals surface area contributed by atoms with E-state index >= 15 is 0 Å². The van der Waals surface area contributed by atoms with Crippen LogP contribution in [0.5, 0.6) is 0 Å². The Morgan fingerprint density at radius 1 is 1.38 bits per heavy atom. The third-order valence-electron chi connectivity index (χ3n) is 2.92. The average Bonchev–Trinajstić information content (AvgIpc) is 2.90.